The van der Waals surface area contributed by atoms with E-state index in [1.165, 1.54) is 0 Å². The largest absolute Gasteiger partial charge is 0.442 e. The van der Waals surface area contributed by atoms with Gasteiger partial charge in [0.15, 0.2) is 0 Å². The Morgan fingerprint density at radius 3 is 2.67 bits per heavy atom. The van der Waals surface area contributed by atoms with Crippen molar-refractivity contribution < 1.29 is 4.74 Å². The lowest BCUT2D eigenvalue weighted by Gasteiger charge is -1.96. The molecule has 0 N–H and O–H groups in total. The lowest BCUT2D eigenvalue weighted by molar-refractivity contribution is 0.311. The van der Waals surface area contributed by atoms with Gasteiger partial charge >= 0.3 is 0 Å². The van der Waals surface area contributed by atoms with Gasteiger partial charge in [0.25, 0.3) is 0 Å². The van der Waals surface area contributed by atoms with Gasteiger partial charge in [-0.05, 0) is 19.4 Å². The summed E-state index contributed by atoms with van der Waals surface area (Å²) in [6, 6.07) is 0. The Kier molecular flexibility index (Phi) is 5.55. The molecule has 12 heavy (non-hydrogen) atoms. The highest BCUT2D eigenvalue weighted by molar-refractivity contribution is 5.22. The van der Waals surface area contributed by atoms with E-state index in [-0.39, 0.29) is 0 Å². The molecular formula is C11H14O. The van der Waals surface area contributed by atoms with Crippen molar-refractivity contribution in [2.75, 3.05) is 6.61 Å². The molecule has 0 aromatic carbocycles. The van der Waals surface area contributed by atoms with Gasteiger partial charge in [-0.15, -0.1) is 0 Å². The van der Waals surface area contributed by atoms with Gasteiger partial charge in [-0.1, -0.05) is 36.8 Å². The van der Waals surface area contributed by atoms with Crippen molar-refractivity contribution in [1.29, 1.82) is 0 Å². The zero-order chi connectivity index (χ0) is 9.40. The van der Waals surface area contributed by atoms with Crippen molar-refractivity contribution in [3.8, 4) is 12.5 Å². The van der Waals surface area contributed by atoms with E-state index in [9.17, 15) is 0 Å². The van der Waals surface area contributed by atoms with Crippen LogP contribution in [0.15, 0.2) is 36.0 Å². The fraction of sp³-hybridized carbons (Fsp3) is 0.273. The first-order chi connectivity index (χ1) is 5.70. The molecule has 0 rings (SSSR count). The van der Waals surface area contributed by atoms with Gasteiger partial charge in [0.05, 0.1) is 0 Å². The van der Waals surface area contributed by atoms with Crippen molar-refractivity contribution in [3.63, 3.8) is 0 Å². The zero-order valence-electron chi connectivity index (χ0n) is 7.63. The molecule has 0 atom stereocenters. The highest BCUT2D eigenvalue weighted by atomic mass is 16.5. The van der Waals surface area contributed by atoms with Crippen LogP contribution in [0.2, 0.25) is 0 Å². The molecule has 0 aliphatic heterocycles. The number of hydrogen-bond acceptors (Lipinski definition) is 1. The van der Waals surface area contributed by atoms with Crippen LogP contribution in [0, 0.1) is 12.5 Å². The molecule has 0 bridgehead atoms. The van der Waals surface area contributed by atoms with Crippen LogP contribution in [0.25, 0.3) is 0 Å². The van der Waals surface area contributed by atoms with Crippen molar-refractivity contribution in [2.24, 2.45) is 0 Å². The molecule has 1 heteroatoms. The fourth-order valence-electron chi connectivity index (χ4n) is 0.545. The van der Waals surface area contributed by atoms with Crippen LogP contribution < -0.4 is 0 Å². The van der Waals surface area contributed by atoms with Crippen molar-refractivity contribution >= 4 is 0 Å². The smallest absolute Gasteiger partial charge is 0.121 e. The molecule has 0 saturated heterocycles. The lowest BCUT2D eigenvalue weighted by atomic mass is 10.2. The maximum absolute atomic E-state index is 4.93. The van der Waals surface area contributed by atoms with Gasteiger partial charge in [-0.2, -0.15) is 0 Å². The molecule has 0 fully saturated rings. The van der Waals surface area contributed by atoms with Gasteiger partial charge in [0, 0.05) is 0 Å². The van der Waals surface area contributed by atoms with Gasteiger partial charge in [0.2, 0.25) is 0 Å². The Morgan fingerprint density at radius 1 is 1.50 bits per heavy atom. The summed E-state index contributed by atoms with van der Waals surface area (Å²) in [5.41, 5.74) is 2.21. The predicted molar refractivity (Wildman–Crippen MR) is 52.5 cm³/mol. The quantitative estimate of drug-likeness (QED) is 0.456. The summed E-state index contributed by atoms with van der Waals surface area (Å²) in [5.74, 6) is 0. The van der Waals surface area contributed by atoms with Gasteiger partial charge in [0.1, 0.15) is 12.7 Å². The SMILES string of the molecule is C#COC/C(C)=C/C=C(/C)C=C. The van der Waals surface area contributed by atoms with Crippen LogP contribution in [-0.2, 0) is 4.74 Å². The molecule has 0 aliphatic rings. The Hall–Kier alpha value is -1.42. The van der Waals surface area contributed by atoms with E-state index in [1.807, 2.05) is 26.0 Å². The minimum Gasteiger partial charge on any atom is -0.442 e. The third-order valence-corrected chi connectivity index (χ3v) is 1.34. The summed E-state index contributed by atoms with van der Waals surface area (Å²) in [4.78, 5) is 0. The molecule has 64 valence electrons. The van der Waals surface area contributed by atoms with Crippen LogP contribution in [0.3, 0.4) is 0 Å². The Bertz CT molecular complexity index is 238. The molecule has 0 aliphatic carbocycles. The summed E-state index contributed by atoms with van der Waals surface area (Å²) in [6.07, 6.45) is 12.8. The minimum absolute atomic E-state index is 0.484. The average Bonchev–Trinajstić information content (AvgIpc) is 2.10. The first-order valence-corrected chi connectivity index (χ1v) is 3.74. The van der Waals surface area contributed by atoms with E-state index in [4.69, 9.17) is 11.2 Å². The number of hydrogen-bond donors (Lipinski definition) is 0. The van der Waals surface area contributed by atoms with E-state index in [0.717, 1.165) is 11.1 Å². The van der Waals surface area contributed by atoms with E-state index < -0.39 is 0 Å². The Morgan fingerprint density at radius 2 is 2.17 bits per heavy atom. The maximum Gasteiger partial charge on any atom is 0.121 e. The molecule has 0 saturated carbocycles. The van der Waals surface area contributed by atoms with E-state index in [0.29, 0.717) is 6.61 Å². The fourth-order valence-corrected chi connectivity index (χ4v) is 0.545. The Labute approximate surface area is 74.4 Å². The molecule has 0 radical (unpaired) electrons. The monoisotopic (exact) mass is 162 g/mol. The highest BCUT2D eigenvalue weighted by Gasteiger charge is 1.85. The van der Waals surface area contributed by atoms with Crippen molar-refractivity contribution in [2.45, 2.75) is 13.8 Å². The van der Waals surface area contributed by atoms with E-state index in [1.54, 1.807) is 6.08 Å². The highest BCUT2D eigenvalue weighted by Crippen LogP contribution is 1.98. The lowest BCUT2D eigenvalue weighted by Crippen LogP contribution is -1.88. The van der Waals surface area contributed by atoms with Crippen LogP contribution in [0.5, 0.6) is 0 Å². The standard InChI is InChI=1S/C11H14O/c1-5-10(3)7-8-11(4)9-12-6-2/h2,5,7-8H,1,9H2,3-4H3/b10-7-,11-8+. The first-order valence-electron chi connectivity index (χ1n) is 3.74. The van der Waals surface area contributed by atoms with Gasteiger partial charge < -0.3 is 4.74 Å². The second kappa shape index (κ2) is 6.30. The van der Waals surface area contributed by atoms with E-state index in [2.05, 4.69) is 12.7 Å². The topological polar surface area (TPSA) is 9.23 Å². The second-order valence-corrected chi connectivity index (χ2v) is 2.53. The number of ether oxygens (including phenoxy) is 1. The molecule has 1 nitrogen and oxygen atoms in total. The van der Waals surface area contributed by atoms with Crippen LogP contribution in [0.4, 0.5) is 0 Å². The summed E-state index contributed by atoms with van der Waals surface area (Å²) in [6.45, 7) is 8.07. The molecule has 0 aromatic heterocycles. The summed E-state index contributed by atoms with van der Waals surface area (Å²) in [5, 5.41) is 0. The van der Waals surface area contributed by atoms with Crippen molar-refractivity contribution in [1.82, 2.24) is 0 Å². The maximum atomic E-state index is 4.93. The Balaban J connectivity index is 4.01. The molecule has 0 spiro atoms. The van der Waals surface area contributed by atoms with E-state index >= 15 is 0 Å². The van der Waals surface area contributed by atoms with Crippen molar-refractivity contribution in [3.05, 3.63) is 36.0 Å². The number of terminal acetylenes is 1. The number of rotatable bonds is 4. The third kappa shape index (κ3) is 5.37. The van der Waals surface area contributed by atoms with Crippen LogP contribution in [0.1, 0.15) is 13.8 Å². The predicted octanol–water partition coefficient (Wildman–Crippen LogP) is 2.67. The summed E-state index contributed by atoms with van der Waals surface area (Å²) < 4.78 is 4.77. The van der Waals surface area contributed by atoms with Crippen LogP contribution in [-0.4, -0.2) is 6.61 Å². The third-order valence-electron chi connectivity index (χ3n) is 1.34. The second-order valence-electron chi connectivity index (χ2n) is 2.53. The average molecular weight is 162 g/mol. The van der Waals surface area contributed by atoms with Gasteiger partial charge in [-0.25, -0.2) is 0 Å². The minimum atomic E-state index is 0.484. The number of allylic oxidation sites excluding steroid dienone is 4. The first kappa shape index (κ1) is 10.6. The van der Waals surface area contributed by atoms with Gasteiger partial charge in [-0.3, -0.25) is 0 Å². The molecule has 0 aromatic rings. The zero-order valence-corrected chi connectivity index (χ0v) is 7.63. The molecule has 0 amide bonds. The molecular weight excluding hydrogens is 148 g/mol. The van der Waals surface area contributed by atoms with Crippen LogP contribution >= 0.6 is 0 Å². The molecule has 0 heterocycles. The summed E-state index contributed by atoms with van der Waals surface area (Å²) >= 11 is 0. The molecule has 0 unspecified atom stereocenters. The summed E-state index contributed by atoms with van der Waals surface area (Å²) in [7, 11) is 0. The normalized spacial score (nSPS) is 12.1.